The maximum Gasteiger partial charge on any atom is 0.231 e. The SMILES string of the molecule is O=C(Nc1ccn[nH]1)C1CC1(Cl)Cl. The smallest absolute Gasteiger partial charge is 0.231 e. The molecular formula is C7H7Cl2N3O. The topological polar surface area (TPSA) is 57.8 Å². The molecule has 0 aromatic carbocycles. The van der Waals surface area contributed by atoms with Crippen LogP contribution in [-0.2, 0) is 4.79 Å². The van der Waals surface area contributed by atoms with Crippen molar-refractivity contribution in [1.29, 1.82) is 0 Å². The van der Waals surface area contributed by atoms with Gasteiger partial charge in [0.2, 0.25) is 5.91 Å². The summed E-state index contributed by atoms with van der Waals surface area (Å²) in [5.41, 5.74) is 0. The first kappa shape index (κ1) is 8.84. The van der Waals surface area contributed by atoms with Crippen LogP contribution in [0.4, 0.5) is 5.82 Å². The molecule has 0 radical (unpaired) electrons. The van der Waals surface area contributed by atoms with Crippen LogP contribution in [0.1, 0.15) is 6.42 Å². The number of H-pyrrole nitrogens is 1. The van der Waals surface area contributed by atoms with E-state index in [1.54, 1.807) is 12.3 Å². The Bertz CT molecular complexity index is 322. The van der Waals surface area contributed by atoms with Gasteiger partial charge in [-0.2, -0.15) is 5.10 Å². The molecule has 0 saturated heterocycles. The quantitative estimate of drug-likeness (QED) is 0.742. The molecule has 6 heteroatoms. The monoisotopic (exact) mass is 219 g/mol. The van der Waals surface area contributed by atoms with Crippen LogP contribution in [0.15, 0.2) is 12.3 Å². The molecule has 0 bridgehead atoms. The second-order valence-corrected chi connectivity index (χ2v) is 4.52. The van der Waals surface area contributed by atoms with Gasteiger partial charge in [-0.3, -0.25) is 9.89 Å². The Hall–Kier alpha value is -0.740. The van der Waals surface area contributed by atoms with Crippen molar-refractivity contribution in [2.75, 3.05) is 5.32 Å². The van der Waals surface area contributed by atoms with Crippen molar-refractivity contribution in [3.63, 3.8) is 0 Å². The third kappa shape index (κ3) is 1.78. The zero-order valence-electron chi connectivity index (χ0n) is 6.55. The van der Waals surface area contributed by atoms with Gasteiger partial charge >= 0.3 is 0 Å². The first-order valence-corrected chi connectivity index (χ1v) is 4.53. The number of amides is 1. The van der Waals surface area contributed by atoms with E-state index < -0.39 is 4.33 Å². The molecule has 1 aromatic rings. The Morgan fingerprint density at radius 1 is 1.77 bits per heavy atom. The lowest BCUT2D eigenvalue weighted by Gasteiger charge is -2.00. The number of hydrogen-bond acceptors (Lipinski definition) is 2. The summed E-state index contributed by atoms with van der Waals surface area (Å²) < 4.78 is -0.871. The predicted molar refractivity (Wildman–Crippen MR) is 49.8 cm³/mol. The number of aromatic amines is 1. The van der Waals surface area contributed by atoms with Crippen molar-refractivity contribution in [3.8, 4) is 0 Å². The van der Waals surface area contributed by atoms with Gasteiger partial charge in [-0.25, -0.2) is 0 Å². The molecule has 1 fully saturated rings. The lowest BCUT2D eigenvalue weighted by molar-refractivity contribution is -0.117. The van der Waals surface area contributed by atoms with E-state index in [0.717, 1.165) is 0 Å². The average Bonchev–Trinajstić information content (AvgIpc) is 2.49. The largest absolute Gasteiger partial charge is 0.311 e. The summed E-state index contributed by atoms with van der Waals surface area (Å²) in [4.78, 5) is 11.4. The minimum absolute atomic E-state index is 0.172. The maximum atomic E-state index is 11.4. The van der Waals surface area contributed by atoms with Gasteiger partial charge in [-0.15, -0.1) is 23.2 Å². The highest BCUT2D eigenvalue weighted by Gasteiger charge is 2.56. The molecule has 2 N–H and O–H groups in total. The molecule has 1 atom stereocenters. The standard InChI is InChI=1S/C7H7Cl2N3O/c8-7(9)3-4(7)6(13)11-5-1-2-10-12-5/h1-2,4H,3H2,(H2,10,11,12,13). The summed E-state index contributed by atoms with van der Waals surface area (Å²) in [7, 11) is 0. The van der Waals surface area contributed by atoms with Gasteiger partial charge < -0.3 is 5.32 Å². The second kappa shape index (κ2) is 2.89. The Morgan fingerprint density at radius 2 is 2.46 bits per heavy atom. The van der Waals surface area contributed by atoms with Gasteiger partial charge in [0.15, 0.2) is 0 Å². The van der Waals surface area contributed by atoms with Crippen molar-refractivity contribution in [2.24, 2.45) is 5.92 Å². The fraction of sp³-hybridized carbons (Fsp3) is 0.429. The lowest BCUT2D eigenvalue weighted by Crippen LogP contribution is -2.16. The highest BCUT2D eigenvalue weighted by Crippen LogP contribution is 2.53. The number of aromatic nitrogens is 2. The molecule has 1 aliphatic rings. The first-order valence-electron chi connectivity index (χ1n) is 3.78. The van der Waals surface area contributed by atoms with Crippen molar-refractivity contribution in [3.05, 3.63) is 12.3 Å². The van der Waals surface area contributed by atoms with Gasteiger partial charge in [0, 0.05) is 6.07 Å². The zero-order valence-corrected chi connectivity index (χ0v) is 8.06. The number of alkyl halides is 2. The van der Waals surface area contributed by atoms with Crippen LogP contribution in [0, 0.1) is 5.92 Å². The molecule has 1 heterocycles. The maximum absolute atomic E-state index is 11.4. The van der Waals surface area contributed by atoms with Crippen molar-refractivity contribution < 1.29 is 4.79 Å². The molecule has 13 heavy (non-hydrogen) atoms. The number of hydrogen-bond donors (Lipinski definition) is 2. The first-order chi connectivity index (χ1) is 6.09. The molecule has 4 nitrogen and oxygen atoms in total. The molecule has 0 aliphatic heterocycles. The molecule has 1 saturated carbocycles. The normalized spacial score (nSPS) is 24.0. The van der Waals surface area contributed by atoms with Gasteiger partial charge in [-0.05, 0) is 6.42 Å². The van der Waals surface area contributed by atoms with E-state index in [1.807, 2.05) is 0 Å². The van der Waals surface area contributed by atoms with E-state index >= 15 is 0 Å². The van der Waals surface area contributed by atoms with E-state index in [0.29, 0.717) is 12.2 Å². The average molecular weight is 220 g/mol. The minimum Gasteiger partial charge on any atom is -0.311 e. The molecule has 70 valence electrons. The Kier molecular flexibility index (Phi) is 1.96. The van der Waals surface area contributed by atoms with Crippen LogP contribution in [0.3, 0.4) is 0 Å². The van der Waals surface area contributed by atoms with Crippen LogP contribution in [0.5, 0.6) is 0 Å². The Labute approximate surface area is 84.6 Å². The zero-order chi connectivity index (χ0) is 9.47. The Morgan fingerprint density at radius 3 is 2.92 bits per heavy atom. The number of nitrogens with one attached hydrogen (secondary N) is 2. The molecule has 0 spiro atoms. The van der Waals surface area contributed by atoms with Crippen LogP contribution in [-0.4, -0.2) is 20.4 Å². The fourth-order valence-electron chi connectivity index (χ4n) is 1.04. The summed E-state index contributed by atoms with van der Waals surface area (Å²) in [5.74, 6) is 0.0782. The highest BCUT2D eigenvalue weighted by atomic mass is 35.5. The molecule has 2 rings (SSSR count). The third-order valence-corrected chi connectivity index (χ3v) is 2.74. The number of halogens is 2. The lowest BCUT2D eigenvalue weighted by atomic mass is 10.4. The number of carbonyl (C=O) groups is 1. The second-order valence-electron chi connectivity index (χ2n) is 2.98. The molecule has 1 amide bonds. The van der Waals surface area contributed by atoms with Crippen molar-refractivity contribution >= 4 is 34.9 Å². The van der Waals surface area contributed by atoms with E-state index in [2.05, 4.69) is 15.5 Å². The van der Waals surface area contributed by atoms with Crippen LogP contribution >= 0.6 is 23.2 Å². The Balaban J connectivity index is 1.94. The van der Waals surface area contributed by atoms with E-state index in [9.17, 15) is 4.79 Å². The number of carbonyl (C=O) groups excluding carboxylic acids is 1. The van der Waals surface area contributed by atoms with Crippen molar-refractivity contribution in [1.82, 2.24) is 10.2 Å². The van der Waals surface area contributed by atoms with E-state index in [4.69, 9.17) is 23.2 Å². The summed E-state index contributed by atoms with van der Waals surface area (Å²) in [5, 5.41) is 8.91. The molecule has 1 aromatic heterocycles. The van der Waals surface area contributed by atoms with Gasteiger partial charge in [-0.1, -0.05) is 0 Å². The molecular weight excluding hydrogens is 213 g/mol. The number of anilines is 1. The summed E-state index contributed by atoms with van der Waals surface area (Å²) in [6, 6.07) is 1.66. The minimum atomic E-state index is -0.871. The van der Waals surface area contributed by atoms with E-state index in [1.165, 1.54) is 0 Å². The van der Waals surface area contributed by atoms with Crippen LogP contribution in [0.2, 0.25) is 0 Å². The molecule has 1 unspecified atom stereocenters. The van der Waals surface area contributed by atoms with Crippen molar-refractivity contribution in [2.45, 2.75) is 10.8 Å². The van der Waals surface area contributed by atoms with Crippen LogP contribution < -0.4 is 5.32 Å². The number of nitrogens with zero attached hydrogens (tertiary/aromatic N) is 1. The molecule has 1 aliphatic carbocycles. The van der Waals surface area contributed by atoms with Crippen LogP contribution in [0.25, 0.3) is 0 Å². The third-order valence-electron chi connectivity index (χ3n) is 1.90. The van der Waals surface area contributed by atoms with E-state index in [-0.39, 0.29) is 11.8 Å². The highest BCUT2D eigenvalue weighted by molar-refractivity contribution is 6.52. The summed E-state index contributed by atoms with van der Waals surface area (Å²) >= 11 is 11.4. The van der Waals surface area contributed by atoms with Gasteiger partial charge in [0.1, 0.15) is 10.2 Å². The van der Waals surface area contributed by atoms with Gasteiger partial charge in [0.25, 0.3) is 0 Å². The summed E-state index contributed by atoms with van der Waals surface area (Å²) in [6.07, 6.45) is 2.06. The predicted octanol–water partition coefficient (Wildman–Crippen LogP) is 1.54. The van der Waals surface area contributed by atoms with Gasteiger partial charge in [0.05, 0.1) is 12.1 Å². The fourth-order valence-corrected chi connectivity index (χ4v) is 1.55. The number of rotatable bonds is 2. The summed E-state index contributed by atoms with van der Waals surface area (Å²) in [6.45, 7) is 0.